The molecule has 1 atom stereocenters. The van der Waals surface area contributed by atoms with Gasteiger partial charge in [-0.25, -0.2) is 9.18 Å². The van der Waals surface area contributed by atoms with Crippen molar-refractivity contribution in [2.45, 2.75) is 110 Å². The zero-order chi connectivity index (χ0) is 30.8. The van der Waals surface area contributed by atoms with Crippen LogP contribution >= 0.6 is 0 Å². The lowest BCUT2D eigenvalue weighted by atomic mass is 9.97. The van der Waals surface area contributed by atoms with Crippen molar-refractivity contribution in [3.05, 3.63) is 48.0 Å². The summed E-state index contributed by atoms with van der Waals surface area (Å²) in [4.78, 5) is 12.0. The molecule has 4 nitrogen and oxygen atoms in total. The van der Waals surface area contributed by atoms with Crippen molar-refractivity contribution < 1.29 is 41.0 Å². The summed E-state index contributed by atoms with van der Waals surface area (Å²) in [6.45, 7) is 4.20. The first-order valence-electron chi connectivity index (χ1n) is 15.3. The van der Waals surface area contributed by atoms with E-state index in [9.17, 15) is 26.7 Å². The Labute approximate surface area is 246 Å². The molecule has 2 rings (SSSR count). The van der Waals surface area contributed by atoms with Gasteiger partial charge >= 0.3 is 12.3 Å². The van der Waals surface area contributed by atoms with E-state index in [1.165, 1.54) is 44.6 Å². The molecule has 0 bridgehead atoms. The van der Waals surface area contributed by atoms with Crippen molar-refractivity contribution in [2.24, 2.45) is 5.92 Å². The molecule has 0 radical (unpaired) electrons. The monoisotopic (exact) mass is 600 g/mol. The van der Waals surface area contributed by atoms with Crippen LogP contribution in [-0.2, 0) is 4.74 Å². The van der Waals surface area contributed by atoms with Crippen molar-refractivity contribution >= 4 is 6.16 Å². The Morgan fingerprint density at radius 3 is 1.93 bits per heavy atom. The quantitative estimate of drug-likeness (QED) is 0.0656. The molecule has 42 heavy (non-hydrogen) atoms. The highest BCUT2D eigenvalue weighted by Crippen LogP contribution is 2.34. The molecule has 0 amide bonds. The number of unbranched alkanes of at least 4 members (excludes halogenated alkanes) is 10. The average Bonchev–Trinajstić information content (AvgIpc) is 2.96. The minimum Gasteiger partial charge on any atom is -0.494 e. The molecule has 0 saturated heterocycles. The van der Waals surface area contributed by atoms with Crippen LogP contribution in [0.5, 0.6) is 11.5 Å². The molecule has 0 aliphatic carbocycles. The Hall–Kier alpha value is -2.84. The van der Waals surface area contributed by atoms with Gasteiger partial charge in [-0.15, -0.1) is 0 Å². The molecular weight excluding hydrogens is 555 g/mol. The summed E-state index contributed by atoms with van der Waals surface area (Å²) in [5.74, 6) is -4.32. The van der Waals surface area contributed by atoms with E-state index in [4.69, 9.17) is 14.2 Å². The highest BCUT2D eigenvalue weighted by molar-refractivity contribution is 5.68. The smallest absolute Gasteiger partial charge is 0.494 e. The van der Waals surface area contributed by atoms with Gasteiger partial charge in [0, 0.05) is 5.56 Å². The second-order valence-corrected chi connectivity index (χ2v) is 10.7. The predicted octanol–water partition coefficient (Wildman–Crippen LogP) is 11.2. The van der Waals surface area contributed by atoms with Gasteiger partial charge in [-0.05, 0) is 49.1 Å². The lowest BCUT2D eigenvalue weighted by Gasteiger charge is -2.20. The Kier molecular flexibility index (Phi) is 16.3. The van der Waals surface area contributed by atoms with Gasteiger partial charge in [-0.1, -0.05) is 96.6 Å². The van der Waals surface area contributed by atoms with Gasteiger partial charge in [0.2, 0.25) is 5.82 Å². The summed E-state index contributed by atoms with van der Waals surface area (Å²) < 4.78 is 84.5. The number of ether oxygens (including phenoxy) is 3. The fourth-order valence-corrected chi connectivity index (χ4v) is 4.68. The summed E-state index contributed by atoms with van der Waals surface area (Å²) in [6, 6.07) is 8.90. The lowest BCUT2D eigenvalue weighted by Crippen LogP contribution is -2.25. The van der Waals surface area contributed by atoms with Crippen molar-refractivity contribution in [3.63, 3.8) is 0 Å². The minimum atomic E-state index is -4.41. The number of hydrogen-bond donors (Lipinski definition) is 0. The molecule has 2 aromatic carbocycles. The van der Waals surface area contributed by atoms with Crippen molar-refractivity contribution in [3.8, 4) is 22.6 Å². The fraction of sp³-hybridized carbons (Fsp3) is 0.606. The molecule has 9 heteroatoms. The zero-order valence-corrected chi connectivity index (χ0v) is 24.9. The summed E-state index contributed by atoms with van der Waals surface area (Å²) in [5.41, 5.74) is 0.357. The number of halogens is 5. The van der Waals surface area contributed by atoms with Gasteiger partial charge in [0.1, 0.15) is 5.75 Å². The van der Waals surface area contributed by atoms with Crippen molar-refractivity contribution in [1.29, 1.82) is 0 Å². The Morgan fingerprint density at radius 2 is 1.31 bits per heavy atom. The summed E-state index contributed by atoms with van der Waals surface area (Å²) >= 11 is 0. The van der Waals surface area contributed by atoms with E-state index in [1.807, 2.05) is 6.92 Å². The predicted molar refractivity (Wildman–Crippen MR) is 155 cm³/mol. The van der Waals surface area contributed by atoms with Crippen LogP contribution in [0.25, 0.3) is 11.1 Å². The number of carbonyl (C=O) groups is 1. The van der Waals surface area contributed by atoms with Crippen LogP contribution in [-0.4, -0.2) is 25.5 Å². The number of benzene rings is 2. The maximum absolute atomic E-state index is 14.8. The maximum atomic E-state index is 14.8. The lowest BCUT2D eigenvalue weighted by molar-refractivity contribution is -0.180. The third kappa shape index (κ3) is 13.0. The van der Waals surface area contributed by atoms with Gasteiger partial charge in [-0.3, -0.25) is 0 Å². The summed E-state index contributed by atoms with van der Waals surface area (Å²) in [7, 11) is 0. The molecule has 0 N–H and O–H groups in total. The molecular formula is C33H45F5O4. The molecule has 0 aliphatic heterocycles. The van der Waals surface area contributed by atoms with E-state index in [0.29, 0.717) is 30.8 Å². The highest BCUT2D eigenvalue weighted by Gasteiger charge is 2.38. The van der Waals surface area contributed by atoms with Crippen molar-refractivity contribution in [2.75, 3.05) is 13.2 Å². The molecule has 0 aliphatic rings. The number of hydrogen-bond acceptors (Lipinski definition) is 4. The van der Waals surface area contributed by atoms with Crippen LogP contribution < -0.4 is 9.47 Å². The van der Waals surface area contributed by atoms with Crippen LogP contribution in [0, 0.1) is 17.6 Å². The summed E-state index contributed by atoms with van der Waals surface area (Å²) in [5, 5.41) is 0. The van der Waals surface area contributed by atoms with Gasteiger partial charge < -0.3 is 14.2 Å². The average molecular weight is 601 g/mol. The largest absolute Gasteiger partial charge is 0.513 e. The third-order valence-corrected chi connectivity index (χ3v) is 7.23. The minimum absolute atomic E-state index is 0.0427. The molecule has 236 valence electrons. The molecule has 0 fully saturated rings. The van der Waals surface area contributed by atoms with E-state index in [2.05, 4.69) is 6.92 Å². The van der Waals surface area contributed by atoms with Crippen LogP contribution in [0.3, 0.4) is 0 Å². The molecule has 2 aromatic rings. The zero-order valence-electron chi connectivity index (χ0n) is 24.9. The maximum Gasteiger partial charge on any atom is 0.513 e. The van der Waals surface area contributed by atoms with Crippen LogP contribution in [0.1, 0.15) is 104 Å². The van der Waals surface area contributed by atoms with Gasteiger partial charge in [-0.2, -0.15) is 17.6 Å². The topological polar surface area (TPSA) is 44.8 Å². The second kappa shape index (κ2) is 19.4. The summed E-state index contributed by atoms with van der Waals surface area (Å²) in [6.07, 6.45) is 6.15. The standard InChI is InChI=1S/C33H45F5O4/c1-3-5-7-9-10-11-12-14-23-40-27-18-16-25(17-19-27)28-20-21-29(31(35)30(28)34)42-32(39)41-24-22-26(33(36,37)38)15-13-8-6-4-2/h16-21,26H,3-15,22-24H2,1-2H3. The van der Waals surface area contributed by atoms with Gasteiger partial charge in [0.25, 0.3) is 0 Å². The highest BCUT2D eigenvalue weighted by atomic mass is 19.4. The Morgan fingerprint density at radius 1 is 0.714 bits per heavy atom. The number of carbonyl (C=O) groups excluding carboxylic acids is 1. The molecule has 0 spiro atoms. The van der Waals surface area contributed by atoms with E-state index < -0.39 is 48.7 Å². The SMILES string of the molecule is CCCCCCCCCCOc1ccc(-c2ccc(OC(=O)OCCC(CCCCCC)C(F)(F)F)c(F)c2F)cc1. The van der Waals surface area contributed by atoms with E-state index in [1.54, 1.807) is 24.3 Å². The Bertz CT molecular complexity index is 1040. The molecule has 1 unspecified atom stereocenters. The first-order chi connectivity index (χ1) is 20.2. The van der Waals surface area contributed by atoms with E-state index in [-0.39, 0.29) is 12.0 Å². The number of alkyl halides is 3. The molecule has 0 aromatic heterocycles. The number of rotatable bonds is 20. The van der Waals surface area contributed by atoms with Crippen LogP contribution in [0.15, 0.2) is 36.4 Å². The van der Waals surface area contributed by atoms with E-state index >= 15 is 0 Å². The third-order valence-electron chi connectivity index (χ3n) is 7.23. The van der Waals surface area contributed by atoms with Gasteiger partial charge in [0.15, 0.2) is 11.6 Å². The van der Waals surface area contributed by atoms with Crippen LogP contribution in [0.4, 0.5) is 26.7 Å². The van der Waals surface area contributed by atoms with Crippen molar-refractivity contribution in [1.82, 2.24) is 0 Å². The van der Waals surface area contributed by atoms with E-state index in [0.717, 1.165) is 31.7 Å². The molecule has 0 saturated carbocycles. The first kappa shape index (κ1) is 35.4. The second-order valence-electron chi connectivity index (χ2n) is 10.7. The fourth-order valence-electron chi connectivity index (χ4n) is 4.68. The Balaban J connectivity index is 1.82. The molecule has 0 heterocycles. The van der Waals surface area contributed by atoms with Gasteiger partial charge in [0.05, 0.1) is 19.1 Å². The first-order valence-corrected chi connectivity index (χ1v) is 15.3. The normalized spacial score (nSPS) is 12.3. The van der Waals surface area contributed by atoms with Crippen LogP contribution in [0.2, 0.25) is 0 Å².